The zero-order chi connectivity index (χ0) is 14.1. The molecule has 19 heavy (non-hydrogen) atoms. The van der Waals surface area contributed by atoms with Crippen molar-refractivity contribution in [3.63, 3.8) is 0 Å². The molecule has 0 spiro atoms. The van der Waals surface area contributed by atoms with Gasteiger partial charge in [0.1, 0.15) is 5.82 Å². The molecule has 108 valence electrons. The third kappa shape index (κ3) is 6.45. The summed E-state index contributed by atoms with van der Waals surface area (Å²) in [6.07, 6.45) is -1.42. The summed E-state index contributed by atoms with van der Waals surface area (Å²) in [5.41, 5.74) is 0.718. The molecule has 0 aliphatic rings. The molecule has 0 saturated carbocycles. The highest BCUT2D eigenvalue weighted by Crippen LogP contribution is 2.09. The number of hydrogen-bond acceptors (Lipinski definition) is 4. The topological polar surface area (TPSA) is 48.4 Å². The first-order valence-electron chi connectivity index (χ1n) is 6.47. The molecular formula is C13H21F2N3O. The number of nitrogens with zero attached hydrogens (tertiary/aromatic N) is 2. The Bertz CT molecular complexity index is 363. The van der Waals surface area contributed by atoms with Gasteiger partial charge in [-0.3, -0.25) is 4.90 Å². The van der Waals surface area contributed by atoms with Crippen LogP contribution in [0.1, 0.15) is 19.0 Å². The summed E-state index contributed by atoms with van der Waals surface area (Å²) in [7, 11) is 0. The first-order chi connectivity index (χ1) is 9.15. The number of aliphatic hydroxyl groups is 1. The second kappa shape index (κ2) is 8.77. The van der Waals surface area contributed by atoms with E-state index >= 15 is 0 Å². The molecule has 1 aromatic rings. The van der Waals surface area contributed by atoms with Gasteiger partial charge < -0.3 is 10.4 Å². The molecule has 0 aliphatic heterocycles. The van der Waals surface area contributed by atoms with E-state index in [2.05, 4.69) is 17.2 Å². The van der Waals surface area contributed by atoms with Gasteiger partial charge >= 0.3 is 0 Å². The van der Waals surface area contributed by atoms with E-state index in [9.17, 15) is 8.78 Å². The van der Waals surface area contributed by atoms with Gasteiger partial charge in [-0.25, -0.2) is 13.8 Å². The summed E-state index contributed by atoms with van der Waals surface area (Å²) in [5, 5.41) is 12.0. The van der Waals surface area contributed by atoms with Crippen molar-refractivity contribution in [2.45, 2.75) is 26.3 Å². The Hall–Kier alpha value is -1.27. The standard InChI is InChI=1S/C13H21F2N3O/c1-2-6-16-13-5-3-4-11(17-13)9-18(7-8-19)10-12(14)15/h3-5,12,19H,2,6-10H2,1H3,(H,16,17). The smallest absolute Gasteiger partial charge is 0.251 e. The zero-order valence-electron chi connectivity index (χ0n) is 11.1. The summed E-state index contributed by atoms with van der Waals surface area (Å²) >= 11 is 0. The SMILES string of the molecule is CCCNc1cccc(CN(CCO)CC(F)F)n1. The molecule has 0 aromatic carbocycles. The highest BCUT2D eigenvalue weighted by atomic mass is 19.3. The fraction of sp³-hybridized carbons (Fsp3) is 0.615. The van der Waals surface area contributed by atoms with Gasteiger partial charge in [-0.1, -0.05) is 13.0 Å². The van der Waals surface area contributed by atoms with Crippen molar-refractivity contribution in [1.29, 1.82) is 0 Å². The Morgan fingerprint density at radius 1 is 1.42 bits per heavy atom. The predicted molar refractivity (Wildman–Crippen MR) is 71.4 cm³/mol. The van der Waals surface area contributed by atoms with Crippen LogP contribution in [0.3, 0.4) is 0 Å². The van der Waals surface area contributed by atoms with Gasteiger partial charge in [-0.2, -0.15) is 0 Å². The summed E-state index contributed by atoms with van der Waals surface area (Å²) in [5.74, 6) is 0.750. The molecule has 1 aromatic heterocycles. The molecule has 0 atom stereocenters. The molecule has 1 rings (SSSR count). The minimum absolute atomic E-state index is 0.138. The molecule has 0 aliphatic carbocycles. The van der Waals surface area contributed by atoms with Gasteiger partial charge in [0.2, 0.25) is 0 Å². The molecule has 2 N–H and O–H groups in total. The molecule has 0 amide bonds. The van der Waals surface area contributed by atoms with E-state index in [-0.39, 0.29) is 19.7 Å². The van der Waals surface area contributed by atoms with E-state index in [4.69, 9.17) is 5.11 Å². The molecule has 0 fully saturated rings. The lowest BCUT2D eigenvalue weighted by atomic mass is 10.3. The average molecular weight is 273 g/mol. The van der Waals surface area contributed by atoms with Crippen LogP contribution >= 0.6 is 0 Å². The van der Waals surface area contributed by atoms with Gasteiger partial charge in [0.25, 0.3) is 6.43 Å². The number of alkyl halides is 2. The van der Waals surface area contributed by atoms with Gasteiger partial charge in [0.05, 0.1) is 18.8 Å². The first kappa shape index (κ1) is 15.8. The highest BCUT2D eigenvalue weighted by Gasteiger charge is 2.12. The lowest BCUT2D eigenvalue weighted by molar-refractivity contribution is 0.0741. The van der Waals surface area contributed by atoms with Crippen LogP contribution in [0.15, 0.2) is 18.2 Å². The quantitative estimate of drug-likeness (QED) is 0.722. The van der Waals surface area contributed by atoms with Crippen LogP contribution in [0.25, 0.3) is 0 Å². The average Bonchev–Trinajstić information content (AvgIpc) is 2.36. The second-order valence-electron chi connectivity index (χ2n) is 4.29. The Morgan fingerprint density at radius 2 is 2.21 bits per heavy atom. The molecule has 0 bridgehead atoms. The summed E-state index contributed by atoms with van der Waals surface area (Å²) < 4.78 is 24.8. The first-order valence-corrected chi connectivity index (χ1v) is 6.47. The van der Waals surface area contributed by atoms with Crippen molar-refractivity contribution < 1.29 is 13.9 Å². The minimum atomic E-state index is -2.41. The van der Waals surface area contributed by atoms with Crippen LogP contribution in [0.4, 0.5) is 14.6 Å². The molecule has 6 heteroatoms. The number of rotatable bonds is 9. The maximum atomic E-state index is 12.4. The third-order valence-electron chi connectivity index (χ3n) is 2.56. The van der Waals surface area contributed by atoms with Crippen molar-refractivity contribution in [2.24, 2.45) is 0 Å². The van der Waals surface area contributed by atoms with Crippen molar-refractivity contribution in [1.82, 2.24) is 9.88 Å². The maximum Gasteiger partial charge on any atom is 0.251 e. The van der Waals surface area contributed by atoms with Crippen molar-refractivity contribution in [3.8, 4) is 0 Å². The van der Waals surface area contributed by atoms with Gasteiger partial charge in [0.15, 0.2) is 0 Å². The van der Waals surface area contributed by atoms with Crippen LogP contribution in [-0.2, 0) is 6.54 Å². The maximum absolute atomic E-state index is 12.4. The van der Waals surface area contributed by atoms with Crippen molar-refractivity contribution in [3.05, 3.63) is 23.9 Å². The van der Waals surface area contributed by atoms with Gasteiger partial charge in [-0.05, 0) is 18.6 Å². The Morgan fingerprint density at radius 3 is 2.84 bits per heavy atom. The molecular weight excluding hydrogens is 252 g/mol. The lowest BCUT2D eigenvalue weighted by Gasteiger charge is -2.20. The fourth-order valence-corrected chi connectivity index (χ4v) is 1.72. The van der Waals surface area contributed by atoms with E-state index < -0.39 is 6.43 Å². The minimum Gasteiger partial charge on any atom is -0.395 e. The molecule has 4 nitrogen and oxygen atoms in total. The largest absolute Gasteiger partial charge is 0.395 e. The molecule has 0 radical (unpaired) electrons. The van der Waals surface area contributed by atoms with E-state index in [1.807, 2.05) is 12.1 Å². The van der Waals surface area contributed by atoms with Gasteiger partial charge in [-0.15, -0.1) is 0 Å². The lowest BCUT2D eigenvalue weighted by Crippen LogP contribution is -2.31. The normalized spacial score (nSPS) is 11.3. The zero-order valence-corrected chi connectivity index (χ0v) is 11.1. The Kier molecular flexibility index (Phi) is 7.28. The number of aliphatic hydroxyl groups excluding tert-OH is 1. The molecule has 0 saturated heterocycles. The number of aromatic nitrogens is 1. The Labute approximate surface area is 112 Å². The highest BCUT2D eigenvalue weighted by molar-refractivity contribution is 5.35. The Balaban J connectivity index is 2.61. The molecule has 1 heterocycles. The van der Waals surface area contributed by atoms with E-state index in [0.29, 0.717) is 6.54 Å². The summed E-state index contributed by atoms with van der Waals surface area (Å²) in [6.45, 7) is 2.93. The third-order valence-corrected chi connectivity index (χ3v) is 2.56. The van der Waals surface area contributed by atoms with Crippen molar-refractivity contribution >= 4 is 5.82 Å². The monoisotopic (exact) mass is 273 g/mol. The van der Waals surface area contributed by atoms with Gasteiger partial charge in [0, 0.05) is 19.6 Å². The van der Waals surface area contributed by atoms with Crippen molar-refractivity contribution in [2.75, 3.05) is 31.6 Å². The van der Waals surface area contributed by atoms with E-state index in [1.54, 1.807) is 6.07 Å². The van der Waals surface area contributed by atoms with Crippen LogP contribution in [-0.4, -0.2) is 47.7 Å². The van der Waals surface area contributed by atoms with Crippen LogP contribution in [0.2, 0.25) is 0 Å². The predicted octanol–water partition coefficient (Wildman–Crippen LogP) is 1.96. The second-order valence-corrected chi connectivity index (χ2v) is 4.29. The summed E-state index contributed by atoms with van der Waals surface area (Å²) in [4.78, 5) is 5.86. The van der Waals surface area contributed by atoms with E-state index in [0.717, 1.165) is 24.5 Å². The van der Waals surface area contributed by atoms with Crippen LogP contribution in [0, 0.1) is 0 Å². The number of pyridine rings is 1. The molecule has 0 unspecified atom stereocenters. The number of anilines is 1. The van der Waals surface area contributed by atoms with Crippen LogP contribution < -0.4 is 5.32 Å². The number of hydrogen-bond donors (Lipinski definition) is 2. The fourth-order valence-electron chi connectivity index (χ4n) is 1.72. The number of halogens is 2. The van der Waals surface area contributed by atoms with Crippen LogP contribution in [0.5, 0.6) is 0 Å². The summed E-state index contributed by atoms with van der Waals surface area (Å²) in [6, 6.07) is 5.50. The van der Waals surface area contributed by atoms with E-state index in [1.165, 1.54) is 4.90 Å². The number of nitrogens with one attached hydrogen (secondary N) is 1.